The van der Waals surface area contributed by atoms with Crippen LogP contribution in [0.15, 0.2) is 18.2 Å². The maximum Gasteiger partial charge on any atom is 0.141 e. The molecule has 4 heteroatoms. The molecule has 0 saturated carbocycles. The predicted octanol–water partition coefficient (Wildman–Crippen LogP) is 3.37. The first-order valence-electron chi connectivity index (χ1n) is 7.08. The first kappa shape index (κ1) is 13.3. The topological polar surface area (TPSA) is 15.3 Å². The van der Waals surface area contributed by atoms with Gasteiger partial charge in [0.05, 0.1) is 5.02 Å². The van der Waals surface area contributed by atoms with E-state index in [1.54, 1.807) is 6.07 Å². The Morgan fingerprint density at radius 3 is 2.89 bits per heavy atom. The smallest absolute Gasteiger partial charge is 0.141 e. The lowest BCUT2D eigenvalue weighted by Gasteiger charge is -2.30. The van der Waals surface area contributed by atoms with Crippen LogP contribution in [-0.2, 0) is 0 Å². The van der Waals surface area contributed by atoms with Crippen molar-refractivity contribution in [1.29, 1.82) is 0 Å². The monoisotopic (exact) mass is 282 g/mol. The van der Waals surface area contributed by atoms with Gasteiger partial charge in [-0.2, -0.15) is 0 Å². The molecule has 0 aromatic heterocycles. The molecule has 1 aromatic carbocycles. The second-order valence-electron chi connectivity index (χ2n) is 5.77. The highest BCUT2D eigenvalue weighted by Gasteiger charge is 2.31. The molecule has 2 heterocycles. The van der Waals surface area contributed by atoms with Crippen LogP contribution in [0.1, 0.15) is 37.8 Å². The minimum atomic E-state index is -0.339. The highest BCUT2D eigenvalue weighted by molar-refractivity contribution is 6.30. The third-order valence-corrected chi connectivity index (χ3v) is 4.82. The molecule has 2 fully saturated rings. The van der Waals surface area contributed by atoms with Gasteiger partial charge in [-0.1, -0.05) is 17.7 Å². The summed E-state index contributed by atoms with van der Waals surface area (Å²) in [7, 11) is 0. The fourth-order valence-electron chi connectivity index (χ4n) is 3.30. The molecule has 0 radical (unpaired) electrons. The standard InChI is InChI=1S/C15H20ClFN2/c1-10(11-2-5-15(17)14(16)8-11)19-7-6-12-3-4-13(9-19)18-12/h2,5,8,10,12-13,18H,3-4,6-7,9H2,1H3. The van der Waals surface area contributed by atoms with Gasteiger partial charge in [-0.15, -0.1) is 0 Å². The van der Waals surface area contributed by atoms with Crippen molar-refractivity contribution in [2.24, 2.45) is 0 Å². The molecule has 3 atom stereocenters. The summed E-state index contributed by atoms with van der Waals surface area (Å²) in [5.74, 6) is -0.339. The summed E-state index contributed by atoms with van der Waals surface area (Å²) in [4.78, 5) is 2.49. The summed E-state index contributed by atoms with van der Waals surface area (Å²) in [6.45, 7) is 4.36. The van der Waals surface area contributed by atoms with Gasteiger partial charge in [0.15, 0.2) is 0 Å². The van der Waals surface area contributed by atoms with Crippen LogP contribution in [0.5, 0.6) is 0 Å². The van der Waals surface area contributed by atoms with Gasteiger partial charge >= 0.3 is 0 Å². The maximum absolute atomic E-state index is 13.2. The molecule has 3 unspecified atom stereocenters. The number of fused-ring (bicyclic) bond motifs is 2. The van der Waals surface area contributed by atoms with Crippen LogP contribution in [0.3, 0.4) is 0 Å². The lowest BCUT2D eigenvalue weighted by Crippen LogP contribution is -2.36. The largest absolute Gasteiger partial charge is 0.310 e. The van der Waals surface area contributed by atoms with Crippen molar-refractivity contribution >= 4 is 11.6 Å². The fourth-order valence-corrected chi connectivity index (χ4v) is 3.49. The van der Waals surface area contributed by atoms with E-state index in [9.17, 15) is 4.39 Å². The number of halogens is 2. The molecule has 3 rings (SSSR count). The SMILES string of the molecule is CC(c1ccc(F)c(Cl)c1)N1CCC2CCC(C1)N2. The lowest BCUT2D eigenvalue weighted by molar-refractivity contribution is 0.200. The van der Waals surface area contributed by atoms with Crippen LogP contribution >= 0.6 is 11.6 Å². The van der Waals surface area contributed by atoms with E-state index in [4.69, 9.17) is 11.6 Å². The number of hydrogen-bond acceptors (Lipinski definition) is 2. The fraction of sp³-hybridized carbons (Fsp3) is 0.600. The van der Waals surface area contributed by atoms with Gasteiger partial charge in [0, 0.05) is 31.2 Å². The lowest BCUT2D eigenvalue weighted by atomic mass is 10.0. The van der Waals surface area contributed by atoms with Gasteiger partial charge in [0.2, 0.25) is 0 Å². The van der Waals surface area contributed by atoms with E-state index in [2.05, 4.69) is 17.1 Å². The van der Waals surface area contributed by atoms with E-state index >= 15 is 0 Å². The number of rotatable bonds is 2. The van der Waals surface area contributed by atoms with E-state index in [1.165, 1.54) is 25.3 Å². The molecule has 2 aliphatic heterocycles. The molecule has 2 aliphatic rings. The Labute approximate surface area is 118 Å². The molecule has 0 spiro atoms. The zero-order valence-corrected chi connectivity index (χ0v) is 12.0. The molecule has 1 N–H and O–H groups in total. The summed E-state index contributed by atoms with van der Waals surface area (Å²) in [6.07, 6.45) is 3.79. The van der Waals surface area contributed by atoms with Crippen molar-refractivity contribution in [2.45, 2.75) is 44.3 Å². The van der Waals surface area contributed by atoms with Gasteiger partial charge < -0.3 is 5.32 Å². The number of nitrogens with zero attached hydrogens (tertiary/aromatic N) is 1. The van der Waals surface area contributed by atoms with Crippen molar-refractivity contribution < 1.29 is 4.39 Å². The van der Waals surface area contributed by atoms with Crippen LogP contribution in [0, 0.1) is 5.82 Å². The first-order valence-corrected chi connectivity index (χ1v) is 7.46. The van der Waals surface area contributed by atoms with Crippen molar-refractivity contribution in [3.05, 3.63) is 34.6 Å². The van der Waals surface area contributed by atoms with E-state index in [0.29, 0.717) is 18.1 Å². The summed E-state index contributed by atoms with van der Waals surface area (Å²) < 4.78 is 13.2. The van der Waals surface area contributed by atoms with Crippen LogP contribution in [0.2, 0.25) is 5.02 Å². The maximum atomic E-state index is 13.2. The third-order valence-electron chi connectivity index (χ3n) is 4.53. The second kappa shape index (κ2) is 5.39. The second-order valence-corrected chi connectivity index (χ2v) is 6.18. The zero-order valence-electron chi connectivity index (χ0n) is 11.2. The minimum Gasteiger partial charge on any atom is -0.310 e. The van der Waals surface area contributed by atoms with Crippen LogP contribution in [0.25, 0.3) is 0 Å². The van der Waals surface area contributed by atoms with E-state index in [-0.39, 0.29) is 10.8 Å². The van der Waals surface area contributed by atoms with E-state index < -0.39 is 0 Å². The Bertz CT molecular complexity index is 465. The van der Waals surface area contributed by atoms with Crippen molar-refractivity contribution in [3.63, 3.8) is 0 Å². The molecule has 1 aromatic rings. The first-order chi connectivity index (χ1) is 9.13. The quantitative estimate of drug-likeness (QED) is 0.895. The Morgan fingerprint density at radius 1 is 1.32 bits per heavy atom. The molecule has 2 saturated heterocycles. The number of benzene rings is 1. The van der Waals surface area contributed by atoms with Crippen LogP contribution in [-0.4, -0.2) is 30.1 Å². The molecular weight excluding hydrogens is 263 g/mol. The van der Waals surface area contributed by atoms with Gasteiger partial charge in [0.1, 0.15) is 5.82 Å². The normalized spacial score (nSPS) is 29.2. The van der Waals surface area contributed by atoms with Gasteiger partial charge in [-0.3, -0.25) is 4.90 Å². The average molecular weight is 283 g/mol. The van der Waals surface area contributed by atoms with Crippen molar-refractivity contribution in [1.82, 2.24) is 10.2 Å². The highest BCUT2D eigenvalue weighted by Crippen LogP contribution is 2.29. The Hall–Kier alpha value is -0.640. The van der Waals surface area contributed by atoms with Crippen LogP contribution < -0.4 is 5.32 Å². The number of hydrogen-bond donors (Lipinski definition) is 1. The Balaban J connectivity index is 1.75. The van der Waals surface area contributed by atoms with Gasteiger partial charge in [0.25, 0.3) is 0 Å². The minimum absolute atomic E-state index is 0.221. The molecule has 0 aliphatic carbocycles. The zero-order chi connectivity index (χ0) is 13.4. The number of nitrogens with one attached hydrogen (secondary N) is 1. The molecule has 19 heavy (non-hydrogen) atoms. The Morgan fingerprint density at radius 2 is 2.11 bits per heavy atom. The predicted molar refractivity (Wildman–Crippen MR) is 76.0 cm³/mol. The summed E-state index contributed by atoms with van der Waals surface area (Å²) in [6, 6.07) is 6.68. The summed E-state index contributed by atoms with van der Waals surface area (Å²) in [5, 5.41) is 3.90. The highest BCUT2D eigenvalue weighted by atomic mass is 35.5. The molecular formula is C15H20ClFN2. The third kappa shape index (κ3) is 2.78. The van der Waals surface area contributed by atoms with E-state index in [0.717, 1.165) is 18.7 Å². The molecule has 2 nitrogen and oxygen atoms in total. The van der Waals surface area contributed by atoms with Crippen molar-refractivity contribution in [3.8, 4) is 0 Å². The molecule has 104 valence electrons. The van der Waals surface area contributed by atoms with Crippen LogP contribution in [0.4, 0.5) is 4.39 Å². The molecule has 2 bridgehead atoms. The van der Waals surface area contributed by atoms with Gasteiger partial charge in [-0.05, 0) is 43.9 Å². The van der Waals surface area contributed by atoms with Crippen molar-refractivity contribution in [2.75, 3.05) is 13.1 Å². The molecule has 0 amide bonds. The van der Waals surface area contributed by atoms with E-state index in [1.807, 2.05) is 6.07 Å². The Kier molecular flexibility index (Phi) is 3.79. The van der Waals surface area contributed by atoms with Gasteiger partial charge in [-0.25, -0.2) is 4.39 Å². The average Bonchev–Trinajstić information content (AvgIpc) is 2.72. The summed E-state index contributed by atoms with van der Waals surface area (Å²) >= 11 is 5.89. The summed E-state index contributed by atoms with van der Waals surface area (Å²) in [5.41, 5.74) is 1.10. The number of likely N-dealkylation sites (tertiary alicyclic amines) is 1.